The molecule has 18 heavy (non-hydrogen) atoms. The minimum Gasteiger partial charge on any atom is -0.291 e. The van der Waals surface area contributed by atoms with Gasteiger partial charge in [0.1, 0.15) is 0 Å². The third kappa shape index (κ3) is 3.03. The van der Waals surface area contributed by atoms with Crippen LogP contribution in [0.5, 0.6) is 0 Å². The van der Waals surface area contributed by atoms with Crippen molar-refractivity contribution in [3.63, 3.8) is 0 Å². The van der Waals surface area contributed by atoms with Crippen LogP contribution in [0.15, 0.2) is 58.8 Å². The minimum absolute atomic E-state index is 0.539. The summed E-state index contributed by atoms with van der Waals surface area (Å²) in [5.41, 5.74) is 6.37. The molecule has 0 aliphatic rings. The maximum absolute atomic E-state index is 8.76. The van der Waals surface area contributed by atoms with Gasteiger partial charge in [0.05, 0.1) is 22.7 Å². The average Bonchev–Trinajstić information content (AvgIpc) is 2.45. The summed E-state index contributed by atoms with van der Waals surface area (Å²) in [5.74, 6) is 0. The van der Waals surface area contributed by atoms with Gasteiger partial charge in [0.2, 0.25) is 0 Å². The van der Waals surface area contributed by atoms with Crippen molar-refractivity contribution in [1.82, 2.24) is 0 Å². The van der Waals surface area contributed by atoms with Crippen LogP contribution in [0.2, 0.25) is 0 Å². The maximum Gasteiger partial charge on any atom is 0.0878 e. The fourth-order valence-corrected chi connectivity index (χ4v) is 1.39. The monoisotopic (exact) mass is 244 g/mol. The van der Waals surface area contributed by atoms with Crippen molar-refractivity contribution >= 4 is 22.7 Å². The van der Waals surface area contributed by atoms with E-state index in [1.807, 2.05) is 11.0 Å². The second kappa shape index (κ2) is 5.76. The number of azo groups is 1. The lowest BCUT2D eigenvalue weighted by molar-refractivity contribution is 0.388. The first-order valence-electron chi connectivity index (χ1n) is 5.24. The summed E-state index contributed by atoms with van der Waals surface area (Å²) in [7, 11) is 0. The molecule has 2 aromatic carbocycles. The van der Waals surface area contributed by atoms with Crippen molar-refractivity contribution in [1.29, 1.82) is 0 Å². The third-order valence-corrected chi connectivity index (χ3v) is 2.23. The SMILES string of the molecule is ONc1cccc(N=Nc2cccc(NO)c2)c1. The van der Waals surface area contributed by atoms with Crippen LogP contribution in [0.4, 0.5) is 22.7 Å². The number of hydrogen-bond acceptors (Lipinski definition) is 6. The molecule has 0 atom stereocenters. The van der Waals surface area contributed by atoms with Crippen molar-refractivity contribution in [3.8, 4) is 0 Å². The summed E-state index contributed by atoms with van der Waals surface area (Å²) >= 11 is 0. The standard InChI is InChI=1S/C12H12N4O2/c17-15-11-5-1-3-9(7-11)13-14-10-4-2-6-12(8-10)16-18/h1-8,15-18H. The molecule has 4 N–H and O–H groups in total. The van der Waals surface area contributed by atoms with E-state index in [0.29, 0.717) is 22.7 Å². The van der Waals surface area contributed by atoms with E-state index in [2.05, 4.69) is 10.2 Å². The van der Waals surface area contributed by atoms with Crippen molar-refractivity contribution in [3.05, 3.63) is 48.5 Å². The van der Waals surface area contributed by atoms with E-state index in [4.69, 9.17) is 10.4 Å². The van der Waals surface area contributed by atoms with Crippen molar-refractivity contribution in [2.45, 2.75) is 0 Å². The number of anilines is 2. The van der Waals surface area contributed by atoms with E-state index in [9.17, 15) is 0 Å². The molecule has 0 radical (unpaired) electrons. The molecule has 92 valence electrons. The quantitative estimate of drug-likeness (QED) is 0.487. The molecular formula is C12H12N4O2. The lowest BCUT2D eigenvalue weighted by Crippen LogP contribution is -1.87. The smallest absolute Gasteiger partial charge is 0.0878 e. The van der Waals surface area contributed by atoms with Crippen molar-refractivity contribution in [2.24, 2.45) is 10.2 Å². The Bertz CT molecular complexity index is 508. The number of nitrogens with zero attached hydrogens (tertiary/aromatic N) is 2. The second-order valence-corrected chi connectivity index (χ2v) is 3.52. The van der Waals surface area contributed by atoms with Gasteiger partial charge in [-0.3, -0.25) is 21.4 Å². The molecule has 0 aliphatic heterocycles. The van der Waals surface area contributed by atoms with Gasteiger partial charge in [0.15, 0.2) is 0 Å². The molecule has 0 spiro atoms. The van der Waals surface area contributed by atoms with Gasteiger partial charge in [-0.1, -0.05) is 12.1 Å². The zero-order chi connectivity index (χ0) is 12.8. The molecule has 6 nitrogen and oxygen atoms in total. The summed E-state index contributed by atoms with van der Waals surface area (Å²) in [6.07, 6.45) is 0. The second-order valence-electron chi connectivity index (χ2n) is 3.52. The minimum atomic E-state index is 0.539. The van der Waals surface area contributed by atoms with Gasteiger partial charge in [0.25, 0.3) is 0 Å². The van der Waals surface area contributed by atoms with Gasteiger partial charge in [-0.25, -0.2) is 0 Å². The van der Waals surface area contributed by atoms with Crippen LogP contribution in [0.3, 0.4) is 0 Å². The Labute approximate surface area is 104 Å². The molecule has 0 saturated heterocycles. The molecule has 2 rings (SSSR count). The van der Waals surface area contributed by atoms with Crippen LogP contribution in [0.1, 0.15) is 0 Å². The lowest BCUT2D eigenvalue weighted by Gasteiger charge is -2.00. The highest BCUT2D eigenvalue weighted by atomic mass is 16.5. The average molecular weight is 244 g/mol. The van der Waals surface area contributed by atoms with E-state index >= 15 is 0 Å². The van der Waals surface area contributed by atoms with Gasteiger partial charge in [-0.2, -0.15) is 10.2 Å². The predicted molar refractivity (Wildman–Crippen MR) is 67.9 cm³/mol. The summed E-state index contributed by atoms with van der Waals surface area (Å²) in [4.78, 5) is 0. The van der Waals surface area contributed by atoms with Crippen LogP contribution < -0.4 is 11.0 Å². The normalized spacial score (nSPS) is 10.6. The molecule has 6 heteroatoms. The molecule has 0 heterocycles. The van der Waals surface area contributed by atoms with Gasteiger partial charge in [-0.15, -0.1) is 0 Å². The van der Waals surface area contributed by atoms with Crippen molar-refractivity contribution in [2.75, 3.05) is 11.0 Å². The zero-order valence-corrected chi connectivity index (χ0v) is 9.41. The Balaban J connectivity index is 2.18. The van der Waals surface area contributed by atoms with Gasteiger partial charge >= 0.3 is 0 Å². The van der Waals surface area contributed by atoms with E-state index in [0.717, 1.165) is 0 Å². The van der Waals surface area contributed by atoms with E-state index in [-0.39, 0.29) is 0 Å². The Morgan fingerprint density at radius 3 is 1.56 bits per heavy atom. The maximum atomic E-state index is 8.76. The van der Waals surface area contributed by atoms with Crippen LogP contribution in [0.25, 0.3) is 0 Å². The summed E-state index contributed by atoms with van der Waals surface area (Å²) < 4.78 is 0. The lowest BCUT2D eigenvalue weighted by atomic mass is 10.3. The number of nitrogens with one attached hydrogen (secondary N) is 2. The first-order chi connectivity index (χ1) is 8.81. The summed E-state index contributed by atoms with van der Waals surface area (Å²) in [6.45, 7) is 0. The zero-order valence-electron chi connectivity index (χ0n) is 9.41. The first-order valence-corrected chi connectivity index (χ1v) is 5.24. The molecule has 0 aliphatic carbocycles. The molecule has 0 amide bonds. The number of hydrogen-bond donors (Lipinski definition) is 4. The highest BCUT2D eigenvalue weighted by molar-refractivity contribution is 5.54. The van der Waals surface area contributed by atoms with Gasteiger partial charge in [-0.05, 0) is 36.4 Å². The first kappa shape index (κ1) is 12.0. The Morgan fingerprint density at radius 2 is 1.17 bits per heavy atom. The topological polar surface area (TPSA) is 89.2 Å². The molecule has 2 aromatic rings. The summed E-state index contributed by atoms with van der Waals surface area (Å²) in [5, 5.41) is 25.6. The van der Waals surface area contributed by atoms with E-state index < -0.39 is 0 Å². The fraction of sp³-hybridized carbons (Fsp3) is 0. The molecule has 0 bridgehead atoms. The molecule has 0 saturated carbocycles. The highest BCUT2D eigenvalue weighted by Crippen LogP contribution is 2.22. The Kier molecular flexibility index (Phi) is 3.85. The fourth-order valence-electron chi connectivity index (χ4n) is 1.39. The third-order valence-electron chi connectivity index (χ3n) is 2.23. The van der Waals surface area contributed by atoms with E-state index in [1.54, 1.807) is 48.5 Å². The highest BCUT2D eigenvalue weighted by Gasteiger charge is 1.95. The number of benzene rings is 2. The molecular weight excluding hydrogens is 232 g/mol. The molecule has 0 fully saturated rings. The van der Waals surface area contributed by atoms with Crippen LogP contribution in [-0.2, 0) is 0 Å². The largest absolute Gasteiger partial charge is 0.291 e. The molecule has 0 unspecified atom stereocenters. The van der Waals surface area contributed by atoms with E-state index in [1.165, 1.54) is 0 Å². The Hall–Kier alpha value is -2.44. The predicted octanol–water partition coefficient (Wildman–Crippen LogP) is 3.70. The Morgan fingerprint density at radius 1 is 0.722 bits per heavy atom. The molecule has 0 aromatic heterocycles. The van der Waals surface area contributed by atoms with Crippen molar-refractivity contribution < 1.29 is 10.4 Å². The van der Waals surface area contributed by atoms with Gasteiger partial charge < -0.3 is 0 Å². The number of rotatable bonds is 4. The van der Waals surface area contributed by atoms with Gasteiger partial charge in [0, 0.05) is 0 Å². The van der Waals surface area contributed by atoms with Crippen LogP contribution in [0, 0.1) is 0 Å². The summed E-state index contributed by atoms with van der Waals surface area (Å²) in [6, 6.07) is 13.7. The van der Waals surface area contributed by atoms with Crippen LogP contribution >= 0.6 is 0 Å². The van der Waals surface area contributed by atoms with Crippen LogP contribution in [-0.4, -0.2) is 10.4 Å².